The van der Waals surface area contributed by atoms with E-state index in [1.165, 1.54) is 54.1 Å². The van der Waals surface area contributed by atoms with Crippen LogP contribution in [0.15, 0.2) is 146 Å². The van der Waals surface area contributed by atoms with Crippen molar-refractivity contribution in [2.24, 2.45) is 0 Å². The first-order valence-corrected chi connectivity index (χ1v) is 18.3. The Morgan fingerprint density at radius 2 is 0.800 bits per heavy atom. The SMILES string of the molecule is Cc1cc2c(c(P(c3ccccc3)c3ccccc3)c1)OC1CC2c2cc(C)cc(P(c3ccccc3)c3ccccc3)c2O1. The third kappa shape index (κ3) is 5.27. The largest absolute Gasteiger partial charge is 0.454 e. The minimum atomic E-state index is -0.824. The number of hydrogen-bond donors (Lipinski definition) is 0. The van der Waals surface area contributed by atoms with Crippen LogP contribution in [0.4, 0.5) is 0 Å². The molecule has 0 saturated carbocycles. The van der Waals surface area contributed by atoms with Gasteiger partial charge in [-0.05, 0) is 74.2 Å². The van der Waals surface area contributed by atoms with Crippen molar-refractivity contribution in [1.29, 1.82) is 0 Å². The lowest BCUT2D eigenvalue weighted by Crippen LogP contribution is -2.40. The van der Waals surface area contributed by atoms with Crippen LogP contribution in [0, 0.1) is 13.8 Å². The molecule has 8 rings (SSSR count). The number of aryl methyl sites for hydroxylation is 2. The molecular weight excluding hydrogens is 586 g/mol. The van der Waals surface area contributed by atoms with Gasteiger partial charge in [-0.3, -0.25) is 0 Å². The highest BCUT2D eigenvalue weighted by molar-refractivity contribution is 7.80. The van der Waals surface area contributed by atoms with Gasteiger partial charge in [-0.1, -0.05) is 133 Å². The summed E-state index contributed by atoms with van der Waals surface area (Å²) in [4.78, 5) is 0. The molecule has 2 heterocycles. The van der Waals surface area contributed by atoms with E-state index >= 15 is 0 Å². The van der Waals surface area contributed by atoms with E-state index in [0.717, 1.165) is 17.9 Å². The fourth-order valence-electron chi connectivity index (χ4n) is 6.83. The molecule has 6 aromatic carbocycles. The number of benzene rings is 6. The maximum atomic E-state index is 6.95. The Balaban J connectivity index is 1.32. The average Bonchev–Trinajstić information content (AvgIpc) is 3.08. The molecule has 2 bridgehead atoms. The van der Waals surface area contributed by atoms with Gasteiger partial charge >= 0.3 is 0 Å². The minimum absolute atomic E-state index is 0.201. The zero-order chi connectivity index (χ0) is 30.3. The lowest BCUT2D eigenvalue weighted by atomic mass is 9.83. The monoisotopic (exact) mass is 620 g/mol. The molecule has 0 radical (unpaired) electrons. The van der Waals surface area contributed by atoms with E-state index in [-0.39, 0.29) is 12.2 Å². The van der Waals surface area contributed by atoms with E-state index in [1.54, 1.807) is 0 Å². The summed E-state index contributed by atoms with van der Waals surface area (Å²) in [5, 5.41) is 7.82. The first-order chi connectivity index (χ1) is 22.1. The van der Waals surface area contributed by atoms with Gasteiger partial charge in [0.2, 0.25) is 6.29 Å². The summed E-state index contributed by atoms with van der Waals surface area (Å²) in [5.41, 5.74) is 5.10. The Morgan fingerprint density at radius 3 is 1.13 bits per heavy atom. The van der Waals surface area contributed by atoms with Gasteiger partial charge in [0, 0.05) is 34.1 Å². The van der Waals surface area contributed by atoms with Crippen LogP contribution in [0.1, 0.15) is 34.6 Å². The van der Waals surface area contributed by atoms with Crippen molar-refractivity contribution < 1.29 is 9.47 Å². The van der Waals surface area contributed by atoms with Crippen molar-refractivity contribution in [3.63, 3.8) is 0 Å². The highest BCUT2D eigenvalue weighted by Gasteiger charge is 2.41. The van der Waals surface area contributed by atoms with E-state index < -0.39 is 15.8 Å². The molecule has 2 aliphatic rings. The Morgan fingerprint density at radius 1 is 0.467 bits per heavy atom. The molecule has 0 N–H and O–H groups in total. The molecule has 0 aromatic heterocycles. The van der Waals surface area contributed by atoms with Gasteiger partial charge in [-0.25, -0.2) is 0 Å². The molecule has 2 nitrogen and oxygen atoms in total. The van der Waals surface area contributed by atoms with E-state index in [2.05, 4.69) is 159 Å². The van der Waals surface area contributed by atoms with Gasteiger partial charge in [-0.15, -0.1) is 0 Å². The molecule has 0 unspecified atom stereocenters. The van der Waals surface area contributed by atoms with E-state index in [4.69, 9.17) is 9.47 Å². The smallest absolute Gasteiger partial charge is 0.242 e. The standard InChI is InChI=1S/C41H34O2P2/c1-28-23-35-34-27-39(42-40(35)37(25-28)44(30-15-7-3-8-16-30)31-17-9-4-10-18-31)43-41-36(34)24-29(2)26-38(41)45(32-19-11-5-12-20-32)33-21-13-6-14-22-33/h3-26,34,39H,27H2,1-2H3. The maximum absolute atomic E-state index is 6.95. The third-order valence-electron chi connectivity index (χ3n) is 8.70. The van der Waals surface area contributed by atoms with Crippen molar-refractivity contribution in [3.8, 4) is 11.5 Å². The second-order valence-electron chi connectivity index (χ2n) is 11.9. The highest BCUT2D eigenvalue weighted by atomic mass is 31.1. The lowest BCUT2D eigenvalue weighted by molar-refractivity contribution is -0.0247. The quantitative estimate of drug-likeness (QED) is 0.180. The second kappa shape index (κ2) is 11.9. The zero-order valence-electron chi connectivity index (χ0n) is 25.4. The number of fused-ring (bicyclic) bond motifs is 6. The summed E-state index contributed by atoms with van der Waals surface area (Å²) in [5.74, 6) is 2.21. The van der Waals surface area contributed by atoms with Crippen LogP contribution in [0.3, 0.4) is 0 Å². The predicted molar refractivity (Wildman–Crippen MR) is 191 cm³/mol. The van der Waals surface area contributed by atoms with Crippen molar-refractivity contribution in [2.45, 2.75) is 32.5 Å². The fraction of sp³-hybridized carbons (Fsp3) is 0.122. The van der Waals surface area contributed by atoms with Gasteiger partial charge in [0.1, 0.15) is 11.5 Å². The summed E-state index contributed by atoms with van der Waals surface area (Å²) >= 11 is 0. The normalized spacial score (nSPS) is 16.4. The fourth-order valence-corrected chi connectivity index (χ4v) is 11.9. The molecule has 0 spiro atoms. The van der Waals surface area contributed by atoms with Crippen molar-refractivity contribution in [1.82, 2.24) is 0 Å². The van der Waals surface area contributed by atoms with Crippen molar-refractivity contribution in [3.05, 3.63) is 168 Å². The maximum Gasteiger partial charge on any atom is 0.242 e. The van der Waals surface area contributed by atoms with Crippen LogP contribution in [0.5, 0.6) is 11.5 Å². The molecule has 0 saturated heterocycles. The molecule has 0 aliphatic carbocycles. The predicted octanol–water partition coefficient (Wildman–Crippen LogP) is 7.45. The van der Waals surface area contributed by atoms with Crippen molar-refractivity contribution in [2.75, 3.05) is 0 Å². The summed E-state index contributed by atoms with van der Waals surface area (Å²) < 4.78 is 13.9. The van der Waals surface area contributed by atoms with Gasteiger partial charge < -0.3 is 9.47 Å². The Kier molecular flexibility index (Phi) is 7.50. The lowest BCUT2D eigenvalue weighted by Gasteiger charge is -2.41. The van der Waals surface area contributed by atoms with Gasteiger partial charge in [-0.2, -0.15) is 0 Å². The summed E-state index contributed by atoms with van der Waals surface area (Å²) in [6, 6.07) is 53.0. The van der Waals surface area contributed by atoms with E-state index in [1.807, 2.05) is 0 Å². The van der Waals surface area contributed by atoms with Gasteiger partial charge in [0.05, 0.1) is 0 Å². The van der Waals surface area contributed by atoms with Crippen LogP contribution < -0.4 is 41.3 Å². The van der Waals surface area contributed by atoms with E-state index in [9.17, 15) is 0 Å². The second-order valence-corrected chi connectivity index (χ2v) is 16.2. The average molecular weight is 621 g/mol. The Hall–Kier alpha value is -4.22. The molecule has 0 amide bonds. The number of hydrogen-bond acceptors (Lipinski definition) is 2. The molecule has 0 atom stereocenters. The Labute approximate surface area is 268 Å². The molecule has 2 aliphatic heterocycles. The highest BCUT2D eigenvalue weighted by Crippen LogP contribution is 2.52. The van der Waals surface area contributed by atoms with Crippen LogP contribution in [0.2, 0.25) is 0 Å². The van der Waals surface area contributed by atoms with Gasteiger partial charge in [0.25, 0.3) is 0 Å². The van der Waals surface area contributed by atoms with Crippen LogP contribution in [-0.2, 0) is 0 Å². The molecule has 45 heavy (non-hydrogen) atoms. The topological polar surface area (TPSA) is 18.5 Å². The molecule has 220 valence electrons. The summed E-state index contributed by atoms with van der Waals surface area (Å²) in [7, 11) is -1.65. The first kappa shape index (κ1) is 28.3. The Bertz CT molecular complexity index is 1740. The number of rotatable bonds is 6. The van der Waals surface area contributed by atoms with Crippen LogP contribution in [0.25, 0.3) is 0 Å². The molecular formula is C41H34O2P2. The van der Waals surface area contributed by atoms with Crippen molar-refractivity contribution >= 4 is 47.7 Å². The van der Waals surface area contributed by atoms with Gasteiger partial charge in [0.15, 0.2) is 0 Å². The molecule has 4 heteroatoms. The first-order valence-electron chi connectivity index (χ1n) is 15.6. The zero-order valence-corrected chi connectivity index (χ0v) is 27.2. The summed E-state index contributed by atoms with van der Waals surface area (Å²) in [6.45, 7) is 4.46. The third-order valence-corrected chi connectivity index (χ3v) is 13.6. The molecule has 0 fully saturated rings. The van der Waals surface area contributed by atoms with Crippen LogP contribution >= 0.6 is 15.8 Å². The van der Waals surface area contributed by atoms with Crippen LogP contribution in [-0.4, -0.2) is 6.29 Å². The minimum Gasteiger partial charge on any atom is -0.454 e. The number of ether oxygens (including phenoxy) is 2. The van der Waals surface area contributed by atoms with E-state index in [0.29, 0.717) is 0 Å². The summed E-state index contributed by atoms with van der Waals surface area (Å²) in [6.07, 6.45) is 0.472. The molecule has 6 aromatic rings.